The fraction of sp³-hybridized carbons (Fsp3) is 0.261. The van der Waals surface area contributed by atoms with E-state index < -0.39 is 0 Å². The van der Waals surface area contributed by atoms with Gasteiger partial charge in [0.05, 0.1) is 12.2 Å². The lowest BCUT2D eigenvalue weighted by Gasteiger charge is -2.12. The minimum atomic E-state index is -0.163. The Morgan fingerprint density at radius 3 is 2.72 bits per heavy atom. The van der Waals surface area contributed by atoms with Gasteiger partial charge in [0.2, 0.25) is 0 Å². The first-order valence-corrected chi connectivity index (χ1v) is 9.61. The molecule has 148 valence electrons. The summed E-state index contributed by atoms with van der Waals surface area (Å²) < 4.78 is 7.57. The molecule has 29 heavy (non-hydrogen) atoms. The Balaban J connectivity index is 1.46. The summed E-state index contributed by atoms with van der Waals surface area (Å²) in [5.74, 6) is 0.705. The molecular formula is C23H23N3O3. The quantitative estimate of drug-likeness (QED) is 0.680. The van der Waals surface area contributed by atoms with Gasteiger partial charge in [-0.2, -0.15) is 5.10 Å². The van der Waals surface area contributed by atoms with E-state index >= 15 is 0 Å². The number of amides is 1. The average molecular weight is 389 g/mol. The third-order valence-electron chi connectivity index (χ3n) is 5.14. The number of Topliss-reactive ketones (excluding diaryl/α,β-unsaturated/α-hetero) is 1. The molecule has 0 bridgehead atoms. The summed E-state index contributed by atoms with van der Waals surface area (Å²) in [6, 6.07) is 15.4. The topological polar surface area (TPSA) is 73.2 Å². The summed E-state index contributed by atoms with van der Waals surface area (Å²) >= 11 is 0. The lowest BCUT2D eigenvalue weighted by Crippen LogP contribution is -2.35. The molecule has 0 fully saturated rings. The van der Waals surface area contributed by atoms with E-state index in [-0.39, 0.29) is 17.8 Å². The second kappa shape index (κ2) is 7.54. The van der Waals surface area contributed by atoms with Gasteiger partial charge in [-0.25, -0.2) is 0 Å². The highest BCUT2D eigenvalue weighted by Crippen LogP contribution is 2.34. The summed E-state index contributed by atoms with van der Waals surface area (Å²) in [7, 11) is 1.75. The summed E-state index contributed by atoms with van der Waals surface area (Å²) in [6.07, 6.45) is 0.581. The maximum absolute atomic E-state index is 12.4. The Morgan fingerprint density at radius 2 is 2.00 bits per heavy atom. The van der Waals surface area contributed by atoms with Gasteiger partial charge in [0, 0.05) is 19.0 Å². The minimum absolute atomic E-state index is 0.0448. The van der Waals surface area contributed by atoms with Crippen molar-refractivity contribution in [3.63, 3.8) is 0 Å². The SMILES string of the molecule is CC(=O)c1ccccc1-c1ccc2c(c1)C[C@@H](CNC(=O)c1cc(C)nn1C)O2. The van der Waals surface area contributed by atoms with Crippen LogP contribution in [0.25, 0.3) is 11.1 Å². The molecule has 1 N–H and O–H groups in total. The van der Waals surface area contributed by atoms with Crippen molar-refractivity contribution in [2.24, 2.45) is 7.05 Å². The number of fused-ring (bicyclic) bond motifs is 1. The molecule has 0 saturated heterocycles. The van der Waals surface area contributed by atoms with Gasteiger partial charge in [0.1, 0.15) is 17.5 Å². The number of benzene rings is 2. The van der Waals surface area contributed by atoms with Crippen molar-refractivity contribution in [2.45, 2.75) is 26.4 Å². The van der Waals surface area contributed by atoms with Crippen LogP contribution >= 0.6 is 0 Å². The molecule has 2 heterocycles. The van der Waals surface area contributed by atoms with E-state index in [1.54, 1.807) is 24.7 Å². The molecule has 2 aromatic carbocycles. The summed E-state index contributed by atoms with van der Waals surface area (Å²) in [5.41, 5.74) is 5.04. The molecule has 6 nitrogen and oxygen atoms in total. The molecule has 0 saturated carbocycles. The van der Waals surface area contributed by atoms with Gasteiger partial charge in [-0.3, -0.25) is 14.3 Å². The number of ketones is 1. The van der Waals surface area contributed by atoms with Crippen LogP contribution in [-0.4, -0.2) is 34.1 Å². The average Bonchev–Trinajstić information content (AvgIpc) is 3.27. The van der Waals surface area contributed by atoms with Crippen LogP contribution in [0.1, 0.15) is 39.0 Å². The van der Waals surface area contributed by atoms with Crippen LogP contribution in [0.4, 0.5) is 0 Å². The van der Waals surface area contributed by atoms with E-state index in [0.717, 1.165) is 28.1 Å². The zero-order valence-electron chi connectivity index (χ0n) is 16.7. The number of hydrogen-bond donors (Lipinski definition) is 1. The predicted octanol–water partition coefficient (Wildman–Crippen LogP) is 3.33. The van der Waals surface area contributed by atoms with Gasteiger partial charge in [0.25, 0.3) is 5.91 Å². The fourth-order valence-corrected chi connectivity index (χ4v) is 3.76. The molecule has 3 aromatic rings. The Morgan fingerprint density at radius 1 is 1.21 bits per heavy atom. The first kappa shape index (κ1) is 18.9. The molecule has 1 aliphatic heterocycles. The molecule has 0 unspecified atom stereocenters. The normalized spacial score (nSPS) is 14.9. The number of aromatic nitrogens is 2. The molecule has 0 spiro atoms. The zero-order chi connectivity index (χ0) is 20.5. The van der Waals surface area contributed by atoms with Crippen LogP contribution in [0.5, 0.6) is 5.75 Å². The van der Waals surface area contributed by atoms with Gasteiger partial charge in [-0.1, -0.05) is 30.3 Å². The zero-order valence-corrected chi connectivity index (χ0v) is 16.7. The smallest absolute Gasteiger partial charge is 0.269 e. The molecule has 1 aliphatic rings. The van der Waals surface area contributed by atoms with Crippen molar-refractivity contribution in [3.8, 4) is 16.9 Å². The Labute approximate surface area is 169 Å². The number of carbonyl (C=O) groups excluding carboxylic acids is 2. The molecule has 1 atom stereocenters. The van der Waals surface area contributed by atoms with E-state index in [1.807, 2.05) is 43.3 Å². The standard InChI is InChI=1S/C23H23N3O3/c1-14-10-21(26(3)25-14)23(28)24-13-18-12-17-11-16(8-9-22(17)29-18)20-7-5-4-6-19(20)15(2)27/h4-11,18H,12-13H2,1-3H3,(H,24,28)/t18-/m0/s1. The molecule has 1 amide bonds. The van der Waals surface area contributed by atoms with Crippen molar-refractivity contribution in [1.29, 1.82) is 0 Å². The fourth-order valence-electron chi connectivity index (χ4n) is 3.76. The largest absolute Gasteiger partial charge is 0.488 e. The number of carbonyl (C=O) groups is 2. The maximum atomic E-state index is 12.4. The van der Waals surface area contributed by atoms with Crippen molar-refractivity contribution in [2.75, 3.05) is 6.54 Å². The Kier molecular flexibility index (Phi) is 4.92. The highest BCUT2D eigenvalue weighted by molar-refractivity contribution is 6.00. The van der Waals surface area contributed by atoms with Crippen LogP contribution in [0, 0.1) is 6.92 Å². The van der Waals surface area contributed by atoms with Crippen LogP contribution in [-0.2, 0) is 13.5 Å². The minimum Gasteiger partial charge on any atom is -0.488 e. The predicted molar refractivity (Wildman–Crippen MR) is 110 cm³/mol. The Hall–Kier alpha value is -3.41. The van der Waals surface area contributed by atoms with Crippen LogP contribution in [0.3, 0.4) is 0 Å². The second-order valence-electron chi connectivity index (χ2n) is 7.37. The van der Waals surface area contributed by atoms with Gasteiger partial charge >= 0.3 is 0 Å². The van der Waals surface area contributed by atoms with Gasteiger partial charge in [0.15, 0.2) is 5.78 Å². The molecular weight excluding hydrogens is 366 g/mol. The van der Waals surface area contributed by atoms with Gasteiger partial charge in [-0.15, -0.1) is 0 Å². The van der Waals surface area contributed by atoms with E-state index in [1.165, 1.54) is 0 Å². The number of hydrogen-bond acceptors (Lipinski definition) is 4. The Bertz CT molecular complexity index is 1100. The van der Waals surface area contributed by atoms with E-state index in [0.29, 0.717) is 24.2 Å². The van der Waals surface area contributed by atoms with Crippen LogP contribution in [0.2, 0.25) is 0 Å². The molecule has 0 aliphatic carbocycles. The molecule has 0 radical (unpaired) electrons. The van der Waals surface area contributed by atoms with E-state index in [9.17, 15) is 9.59 Å². The lowest BCUT2D eigenvalue weighted by molar-refractivity contribution is 0.0923. The monoisotopic (exact) mass is 389 g/mol. The van der Waals surface area contributed by atoms with Crippen LogP contribution in [0.15, 0.2) is 48.5 Å². The highest BCUT2D eigenvalue weighted by Gasteiger charge is 2.25. The van der Waals surface area contributed by atoms with E-state index in [2.05, 4.69) is 16.5 Å². The van der Waals surface area contributed by atoms with Gasteiger partial charge < -0.3 is 10.1 Å². The maximum Gasteiger partial charge on any atom is 0.269 e. The summed E-state index contributed by atoms with van der Waals surface area (Å²) in [4.78, 5) is 24.3. The highest BCUT2D eigenvalue weighted by atomic mass is 16.5. The van der Waals surface area contributed by atoms with Crippen molar-refractivity contribution < 1.29 is 14.3 Å². The third kappa shape index (κ3) is 3.78. The first-order valence-electron chi connectivity index (χ1n) is 9.61. The van der Waals surface area contributed by atoms with E-state index in [4.69, 9.17) is 4.74 Å². The third-order valence-corrected chi connectivity index (χ3v) is 5.14. The van der Waals surface area contributed by atoms with Crippen LogP contribution < -0.4 is 10.1 Å². The van der Waals surface area contributed by atoms with Crippen molar-refractivity contribution >= 4 is 11.7 Å². The number of ether oxygens (including phenoxy) is 1. The molecule has 1 aromatic heterocycles. The molecule has 4 rings (SSSR count). The lowest BCUT2D eigenvalue weighted by atomic mass is 9.95. The number of nitrogens with zero attached hydrogens (tertiary/aromatic N) is 2. The van der Waals surface area contributed by atoms with Crippen molar-refractivity contribution in [3.05, 3.63) is 71.0 Å². The number of rotatable bonds is 5. The first-order chi connectivity index (χ1) is 13.9. The second-order valence-corrected chi connectivity index (χ2v) is 7.37. The van der Waals surface area contributed by atoms with Gasteiger partial charge in [-0.05, 0) is 48.7 Å². The van der Waals surface area contributed by atoms with Crippen molar-refractivity contribution in [1.82, 2.24) is 15.1 Å². The number of aryl methyl sites for hydroxylation is 2. The summed E-state index contributed by atoms with van der Waals surface area (Å²) in [5, 5.41) is 7.13. The summed E-state index contributed by atoms with van der Waals surface area (Å²) in [6.45, 7) is 3.85. The molecule has 6 heteroatoms. The number of nitrogens with one attached hydrogen (secondary N) is 1.